The summed E-state index contributed by atoms with van der Waals surface area (Å²) in [6.45, 7) is 0. The molecule has 4 aromatic rings. The van der Waals surface area contributed by atoms with E-state index in [4.69, 9.17) is 0 Å². The Kier molecular flexibility index (Phi) is 4.33. The van der Waals surface area contributed by atoms with Crippen LogP contribution in [0.25, 0.3) is 21.7 Å². The number of benzene rings is 2. The SMILES string of the molecule is Cn1ccc(C(=O)Nc2nc(-c3ccccc3)c(-c3ccccc3)s2)n1. The molecule has 0 aliphatic heterocycles. The molecule has 1 N–H and O–H groups in total. The number of hydrogen-bond acceptors (Lipinski definition) is 4. The molecular formula is C20H16N4OS. The zero-order valence-electron chi connectivity index (χ0n) is 14.1. The van der Waals surface area contributed by atoms with Gasteiger partial charge in [0.25, 0.3) is 5.91 Å². The Morgan fingerprint density at radius 2 is 1.62 bits per heavy atom. The van der Waals surface area contributed by atoms with Crippen molar-refractivity contribution >= 4 is 22.4 Å². The number of thiazole rings is 1. The molecule has 0 spiro atoms. The van der Waals surface area contributed by atoms with Crippen molar-refractivity contribution in [3.05, 3.63) is 78.6 Å². The van der Waals surface area contributed by atoms with Gasteiger partial charge in [0.15, 0.2) is 10.8 Å². The first-order valence-corrected chi connectivity index (χ1v) is 8.95. The van der Waals surface area contributed by atoms with E-state index in [1.165, 1.54) is 11.3 Å². The third kappa shape index (κ3) is 3.27. The van der Waals surface area contributed by atoms with Crippen LogP contribution in [0, 0.1) is 0 Å². The standard InChI is InChI=1S/C20H16N4OS/c1-24-13-12-16(23-24)19(25)22-20-21-17(14-8-4-2-5-9-14)18(26-20)15-10-6-3-7-11-15/h2-13H,1H3,(H,21,22,25). The van der Waals surface area contributed by atoms with Gasteiger partial charge in [0, 0.05) is 18.8 Å². The van der Waals surface area contributed by atoms with Gasteiger partial charge in [-0.2, -0.15) is 5.10 Å². The van der Waals surface area contributed by atoms with Crippen LogP contribution in [0.1, 0.15) is 10.5 Å². The molecule has 6 heteroatoms. The molecule has 0 saturated heterocycles. The zero-order valence-corrected chi connectivity index (χ0v) is 14.9. The molecule has 0 aliphatic rings. The minimum absolute atomic E-state index is 0.265. The number of nitrogens with zero attached hydrogens (tertiary/aromatic N) is 3. The monoisotopic (exact) mass is 360 g/mol. The highest BCUT2D eigenvalue weighted by molar-refractivity contribution is 7.19. The van der Waals surface area contributed by atoms with Gasteiger partial charge in [-0.15, -0.1) is 0 Å². The van der Waals surface area contributed by atoms with Crippen LogP contribution in [0.5, 0.6) is 0 Å². The van der Waals surface area contributed by atoms with E-state index in [2.05, 4.69) is 15.4 Å². The molecule has 0 atom stereocenters. The van der Waals surface area contributed by atoms with Crippen molar-refractivity contribution < 1.29 is 4.79 Å². The molecule has 0 bridgehead atoms. The molecule has 1 amide bonds. The van der Waals surface area contributed by atoms with Gasteiger partial charge in [-0.3, -0.25) is 14.8 Å². The minimum atomic E-state index is -0.265. The number of rotatable bonds is 4. The van der Waals surface area contributed by atoms with E-state index < -0.39 is 0 Å². The Balaban J connectivity index is 1.73. The van der Waals surface area contributed by atoms with Gasteiger partial charge in [0.2, 0.25) is 0 Å². The normalized spacial score (nSPS) is 10.7. The van der Waals surface area contributed by atoms with Crippen LogP contribution in [0.15, 0.2) is 72.9 Å². The average molecular weight is 360 g/mol. The number of amides is 1. The molecule has 0 aliphatic carbocycles. The predicted molar refractivity (Wildman–Crippen MR) is 104 cm³/mol. The molecule has 5 nitrogen and oxygen atoms in total. The molecule has 4 rings (SSSR count). The Labute approximate surface area is 155 Å². The Hall–Kier alpha value is -3.25. The quantitative estimate of drug-likeness (QED) is 0.584. The molecule has 26 heavy (non-hydrogen) atoms. The fourth-order valence-corrected chi connectivity index (χ4v) is 3.64. The van der Waals surface area contributed by atoms with Crippen molar-refractivity contribution in [2.24, 2.45) is 7.05 Å². The topological polar surface area (TPSA) is 59.8 Å². The van der Waals surface area contributed by atoms with Crippen molar-refractivity contribution in [2.45, 2.75) is 0 Å². The van der Waals surface area contributed by atoms with Crippen LogP contribution in [0.4, 0.5) is 5.13 Å². The van der Waals surface area contributed by atoms with Gasteiger partial charge in [-0.1, -0.05) is 72.0 Å². The van der Waals surface area contributed by atoms with Gasteiger partial charge in [0.1, 0.15) is 0 Å². The molecule has 0 radical (unpaired) electrons. The van der Waals surface area contributed by atoms with E-state index in [9.17, 15) is 4.79 Å². The van der Waals surface area contributed by atoms with Crippen LogP contribution >= 0.6 is 11.3 Å². The largest absolute Gasteiger partial charge is 0.296 e. The summed E-state index contributed by atoms with van der Waals surface area (Å²) in [5.41, 5.74) is 3.31. The highest BCUT2D eigenvalue weighted by Gasteiger charge is 2.17. The highest BCUT2D eigenvalue weighted by Crippen LogP contribution is 2.38. The number of carbonyl (C=O) groups is 1. The van der Waals surface area contributed by atoms with Gasteiger partial charge < -0.3 is 0 Å². The van der Waals surface area contributed by atoms with Crippen molar-refractivity contribution in [3.8, 4) is 21.7 Å². The zero-order chi connectivity index (χ0) is 17.9. The second-order valence-electron chi connectivity index (χ2n) is 5.76. The molecule has 128 valence electrons. The lowest BCUT2D eigenvalue weighted by atomic mass is 10.1. The van der Waals surface area contributed by atoms with Crippen molar-refractivity contribution in [1.29, 1.82) is 0 Å². The van der Waals surface area contributed by atoms with Crippen molar-refractivity contribution in [3.63, 3.8) is 0 Å². The smallest absolute Gasteiger partial charge is 0.277 e. The lowest BCUT2D eigenvalue weighted by Crippen LogP contribution is -2.12. The van der Waals surface area contributed by atoms with Crippen LogP contribution < -0.4 is 5.32 Å². The fourth-order valence-electron chi connectivity index (χ4n) is 2.65. The molecule has 0 saturated carbocycles. The van der Waals surface area contributed by atoms with E-state index in [1.54, 1.807) is 24.0 Å². The lowest BCUT2D eigenvalue weighted by Gasteiger charge is -2.02. The van der Waals surface area contributed by atoms with Crippen molar-refractivity contribution in [2.75, 3.05) is 5.32 Å². The summed E-state index contributed by atoms with van der Waals surface area (Å²) in [6, 6.07) is 21.7. The molecule has 2 aromatic carbocycles. The van der Waals surface area contributed by atoms with Crippen LogP contribution in [-0.2, 0) is 7.05 Å². The summed E-state index contributed by atoms with van der Waals surface area (Å²) in [7, 11) is 1.78. The summed E-state index contributed by atoms with van der Waals surface area (Å²) >= 11 is 1.46. The number of aryl methyl sites for hydroxylation is 1. The lowest BCUT2D eigenvalue weighted by molar-refractivity contribution is 0.102. The Bertz CT molecular complexity index is 981. The minimum Gasteiger partial charge on any atom is -0.296 e. The van der Waals surface area contributed by atoms with Gasteiger partial charge in [-0.05, 0) is 11.6 Å². The number of carbonyl (C=O) groups excluding carboxylic acids is 1. The van der Waals surface area contributed by atoms with E-state index in [1.807, 2.05) is 60.7 Å². The maximum atomic E-state index is 12.4. The number of hydrogen-bond donors (Lipinski definition) is 1. The predicted octanol–water partition coefficient (Wildman–Crippen LogP) is 4.46. The molecule has 2 aromatic heterocycles. The number of aromatic nitrogens is 3. The van der Waals surface area contributed by atoms with E-state index in [0.29, 0.717) is 10.8 Å². The summed E-state index contributed by atoms with van der Waals surface area (Å²) < 4.78 is 1.60. The first-order valence-electron chi connectivity index (χ1n) is 8.13. The van der Waals surface area contributed by atoms with Crippen LogP contribution in [0.2, 0.25) is 0 Å². The van der Waals surface area contributed by atoms with Gasteiger partial charge >= 0.3 is 0 Å². The van der Waals surface area contributed by atoms with E-state index >= 15 is 0 Å². The summed E-state index contributed by atoms with van der Waals surface area (Å²) in [5, 5.41) is 7.55. The second-order valence-corrected chi connectivity index (χ2v) is 6.76. The maximum absolute atomic E-state index is 12.4. The summed E-state index contributed by atoms with van der Waals surface area (Å²) in [4.78, 5) is 18.1. The van der Waals surface area contributed by atoms with Crippen molar-refractivity contribution in [1.82, 2.24) is 14.8 Å². The fraction of sp³-hybridized carbons (Fsp3) is 0.0500. The van der Waals surface area contributed by atoms with E-state index in [0.717, 1.165) is 21.7 Å². The summed E-state index contributed by atoms with van der Waals surface area (Å²) in [5.74, 6) is -0.265. The first-order chi connectivity index (χ1) is 12.7. The summed E-state index contributed by atoms with van der Waals surface area (Å²) in [6.07, 6.45) is 1.74. The third-order valence-corrected chi connectivity index (χ3v) is 4.90. The molecule has 2 heterocycles. The molecule has 0 unspecified atom stereocenters. The first kappa shape index (κ1) is 16.2. The van der Waals surface area contributed by atoms with Gasteiger partial charge in [-0.25, -0.2) is 4.98 Å². The molecule has 0 fully saturated rings. The van der Waals surface area contributed by atoms with Crippen LogP contribution in [0.3, 0.4) is 0 Å². The highest BCUT2D eigenvalue weighted by atomic mass is 32.1. The maximum Gasteiger partial charge on any atom is 0.277 e. The Morgan fingerprint density at radius 1 is 0.962 bits per heavy atom. The number of nitrogens with one attached hydrogen (secondary N) is 1. The van der Waals surface area contributed by atoms with E-state index in [-0.39, 0.29) is 5.91 Å². The Morgan fingerprint density at radius 3 is 2.23 bits per heavy atom. The second kappa shape index (κ2) is 6.93. The molecular weight excluding hydrogens is 344 g/mol. The van der Waals surface area contributed by atoms with Crippen LogP contribution in [-0.4, -0.2) is 20.7 Å². The average Bonchev–Trinajstić information content (AvgIpc) is 3.30. The van der Waals surface area contributed by atoms with Gasteiger partial charge in [0.05, 0.1) is 10.6 Å². The third-order valence-electron chi connectivity index (χ3n) is 3.88. The number of anilines is 1.